The van der Waals surface area contributed by atoms with Crippen LogP contribution in [0.1, 0.15) is 13.3 Å². The third-order valence-electron chi connectivity index (χ3n) is 2.01. The lowest BCUT2D eigenvalue weighted by Crippen LogP contribution is -2.51. The van der Waals surface area contributed by atoms with Crippen LogP contribution in [-0.2, 0) is 4.74 Å². The Hall–Kier alpha value is -0.0800. The van der Waals surface area contributed by atoms with Crippen molar-refractivity contribution in [3.05, 3.63) is 0 Å². The van der Waals surface area contributed by atoms with Gasteiger partial charge in [-0.2, -0.15) is 0 Å². The van der Waals surface area contributed by atoms with Gasteiger partial charge in [0, 0.05) is 26.8 Å². The van der Waals surface area contributed by atoms with Crippen molar-refractivity contribution < 1.29 is 4.74 Å². The second kappa shape index (κ2) is 2.67. The summed E-state index contributed by atoms with van der Waals surface area (Å²) >= 11 is 0. The third-order valence-corrected chi connectivity index (χ3v) is 2.01. The quantitative estimate of drug-likeness (QED) is 0.603. The van der Waals surface area contributed by atoms with Gasteiger partial charge in [0.15, 0.2) is 0 Å². The van der Waals surface area contributed by atoms with Gasteiger partial charge in [-0.3, -0.25) is 0 Å². The molecule has 0 amide bonds. The van der Waals surface area contributed by atoms with Crippen molar-refractivity contribution in [2.75, 3.05) is 26.8 Å². The molecule has 0 radical (unpaired) electrons. The van der Waals surface area contributed by atoms with E-state index >= 15 is 0 Å². The Kier molecular flexibility index (Phi) is 2.09. The maximum Gasteiger partial charge on any atom is 0.0468 e. The van der Waals surface area contributed by atoms with Crippen LogP contribution >= 0.6 is 0 Å². The van der Waals surface area contributed by atoms with Gasteiger partial charge in [-0.1, -0.05) is 6.92 Å². The Morgan fingerprint density at radius 2 is 2.22 bits per heavy atom. The van der Waals surface area contributed by atoms with Crippen LogP contribution in [0.2, 0.25) is 0 Å². The standard InChI is InChI=1S/C7H15NO/c1-7(3-4-9-2)5-8-6-7/h8H,3-6H2,1-2H3. The topological polar surface area (TPSA) is 21.3 Å². The lowest BCUT2D eigenvalue weighted by Gasteiger charge is -2.39. The number of rotatable bonds is 3. The fourth-order valence-corrected chi connectivity index (χ4v) is 1.08. The minimum Gasteiger partial charge on any atom is -0.385 e. The van der Waals surface area contributed by atoms with Crippen molar-refractivity contribution in [3.8, 4) is 0 Å². The largest absolute Gasteiger partial charge is 0.385 e. The predicted molar refractivity (Wildman–Crippen MR) is 37.5 cm³/mol. The second-order valence-corrected chi connectivity index (χ2v) is 3.16. The van der Waals surface area contributed by atoms with E-state index in [-0.39, 0.29) is 0 Å². The molecule has 2 heteroatoms. The molecule has 54 valence electrons. The zero-order chi connectivity index (χ0) is 6.74. The van der Waals surface area contributed by atoms with E-state index in [1.165, 1.54) is 6.42 Å². The van der Waals surface area contributed by atoms with Gasteiger partial charge >= 0.3 is 0 Å². The summed E-state index contributed by atoms with van der Waals surface area (Å²) < 4.78 is 4.99. The molecule has 0 aromatic heterocycles. The van der Waals surface area contributed by atoms with E-state index in [4.69, 9.17) is 4.74 Å². The molecular weight excluding hydrogens is 114 g/mol. The molecule has 2 nitrogen and oxygen atoms in total. The molecule has 1 aliphatic rings. The molecule has 1 fully saturated rings. The van der Waals surface area contributed by atoms with Crippen LogP contribution in [-0.4, -0.2) is 26.8 Å². The van der Waals surface area contributed by atoms with Gasteiger partial charge in [0.2, 0.25) is 0 Å². The van der Waals surface area contributed by atoms with E-state index in [2.05, 4.69) is 12.2 Å². The Morgan fingerprint density at radius 1 is 1.56 bits per heavy atom. The highest BCUT2D eigenvalue weighted by Crippen LogP contribution is 2.25. The first-order valence-electron chi connectivity index (χ1n) is 3.46. The summed E-state index contributed by atoms with van der Waals surface area (Å²) in [4.78, 5) is 0. The molecule has 1 rings (SSSR count). The van der Waals surface area contributed by atoms with Crippen molar-refractivity contribution in [3.63, 3.8) is 0 Å². The first-order chi connectivity index (χ1) is 4.27. The number of ether oxygens (including phenoxy) is 1. The lowest BCUT2D eigenvalue weighted by atomic mass is 9.81. The number of hydrogen-bond acceptors (Lipinski definition) is 2. The fourth-order valence-electron chi connectivity index (χ4n) is 1.08. The minimum atomic E-state index is 0.538. The van der Waals surface area contributed by atoms with Crippen LogP contribution in [0.5, 0.6) is 0 Å². The maximum atomic E-state index is 4.99. The van der Waals surface area contributed by atoms with E-state index in [0.29, 0.717) is 5.41 Å². The zero-order valence-electron chi connectivity index (χ0n) is 6.24. The van der Waals surface area contributed by atoms with Gasteiger partial charge in [0.05, 0.1) is 0 Å². The molecule has 0 aromatic rings. The van der Waals surface area contributed by atoms with E-state index in [1.807, 2.05) is 0 Å². The van der Waals surface area contributed by atoms with Crippen molar-refractivity contribution in [2.24, 2.45) is 5.41 Å². The number of methoxy groups -OCH3 is 1. The summed E-state index contributed by atoms with van der Waals surface area (Å²) in [6.07, 6.45) is 1.19. The molecule has 1 N–H and O–H groups in total. The zero-order valence-corrected chi connectivity index (χ0v) is 6.24. The van der Waals surface area contributed by atoms with Crippen LogP contribution in [0, 0.1) is 5.41 Å². The average molecular weight is 129 g/mol. The highest BCUT2D eigenvalue weighted by atomic mass is 16.5. The van der Waals surface area contributed by atoms with Crippen molar-refractivity contribution >= 4 is 0 Å². The van der Waals surface area contributed by atoms with Crippen LogP contribution in [0.25, 0.3) is 0 Å². The molecule has 1 saturated heterocycles. The predicted octanol–water partition coefficient (Wildman–Crippen LogP) is 0.632. The summed E-state index contributed by atoms with van der Waals surface area (Å²) in [6.45, 7) is 5.52. The molecule has 0 unspecified atom stereocenters. The van der Waals surface area contributed by atoms with Gasteiger partial charge < -0.3 is 10.1 Å². The van der Waals surface area contributed by atoms with Crippen LogP contribution in [0.15, 0.2) is 0 Å². The molecule has 0 aliphatic carbocycles. The van der Waals surface area contributed by atoms with Gasteiger partial charge in [-0.05, 0) is 11.8 Å². The summed E-state index contributed by atoms with van der Waals surface area (Å²) in [7, 11) is 1.76. The molecule has 0 bridgehead atoms. The Bertz CT molecular complexity index is 88.9. The van der Waals surface area contributed by atoms with Crippen LogP contribution < -0.4 is 5.32 Å². The molecule has 0 aromatic carbocycles. The molecule has 0 saturated carbocycles. The summed E-state index contributed by atoms with van der Waals surface area (Å²) in [5.74, 6) is 0. The van der Waals surface area contributed by atoms with Gasteiger partial charge in [-0.25, -0.2) is 0 Å². The molecule has 0 spiro atoms. The SMILES string of the molecule is COCCC1(C)CNC1. The first-order valence-corrected chi connectivity index (χ1v) is 3.46. The van der Waals surface area contributed by atoms with Crippen molar-refractivity contribution in [1.82, 2.24) is 5.32 Å². The molecular formula is C7H15NO. The monoisotopic (exact) mass is 129 g/mol. The number of hydrogen-bond donors (Lipinski definition) is 1. The van der Waals surface area contributed by atoms with E-state index in [1.54, 1.807) is 7.11 Å². The average Bonchev–Trinajstić information content (AvgIpc) is 1.79. The number of nitrogens with one attached hydrogen (secondary N) is 1. The normalized spacial score (nSPS) is 23.3. The van der Waals surface area contributed by atoms with Crippen molar-refractivity contribution in [1.29, 1.82) is 0 Å². The van der Waals surface area contributed by atoms with Gasteiger partial charge in [0.25, 0.3) is 0 Å². The van der Waals surface area contributed by atoms with E-state index in [0.717, 1.165) is 19.7 Å². The maximum absolute atomic E-state index is 4.99. The highest BCUT2D eigenvalue weighted by molar-refractivity contribution is 4.87. The van der Waals surface area contributed by atoms with Crippen LogP contribution in [0.4, 0.5) is 0 Å². The van der Waals surface area contributed by atoms with E-state index in [9.17, 15) is 0 Å². The molecule has 0 atom stereocenters. The Labute approximate surface area is 56.6 Å². The van der Waals surface area contributed by atoms with E-state index < -0.39 is 0 Å². The first kappa shape index (κ1) is 7.03. The summed E-state index contributed by atoms with van der Waals surface area (Å²) in [5, 5.41) is 3.26. The third kappa shape index (κ3) is 1.66. The second-order valence-electron chi connectivity index (χ2n) is 3.16. The fraction of sp³-hybridized carbons (Fsp3) is 1.00. The molecule has 1 aliphatic heterocycles. The highest BCUT2D eigenvalue weighted by Gasteiger charge is 2.30. The Morgan fingerprint density at radius 3 is 2.56 bits per heavy atom. The van der Waals surface area contributed by atoms with Gasteiger partial charge in [0.1, 0.15) is 0 Å². The Balaban J connectivity index is 2.09. The summed E-state index contributed by atoms with van der Waals surface area (Å²) in [5.41, 5.74) is 0.538. The van der Waals surface area contributed by atoms with Crippen molar-refractivity contribution in [2.45, 2.75) is 13.3 Å². The van der Waals surface area contributed by atoms with Crippen LogP contribution in [0.3, 0.4) is 0 Å². The van der Waals surface area contributed by atoms with Gasteiger partial charge in [-0.15, -0.1) is 0 Å². The smallest absolute Gasteiger partial charge is 0.0468 e. The molecule has 9 heavy (non-hydrogen) atoms. The lowest BCUT2D eigenvalue weighted by molar-refractivity contribution is 0.106. The minimum absolute atomic E-state index is 0.538. The molecule has 1 heterocycles. The summed E-state index contributed by atoms with van der Waals surface area (Å²) in [6, 6.07) is 0.